The van der Waals surface area contributed by atoms with Crippen LogP contribution in [0.3, 0.4) is 0 Å². The van der Waals surface area contributed by atoms with Crippen LogP contribution in [-0.2, 0) is 4.79 Å². The summed E-state index contributed by atoms with van der Waals surface area (Å²) >= 11 is 5.79. The Bertz CT molecular complexity index is 952. The number of hydrogen-bond donors (Lipinski definition) is 0. The topological polar surface area (TPSA) is 66.5 Å². The van der Waals surface area contributed by atoms with Crippen molar-refractivity contribution in [1.29, 1.82) is 0 Å². The first-order chi connectivity index (χ1) is 15.0. The quantitative estimate of drug-likeness (QED) is 0.233. The third-order valence-electron chi connectivity index (χ3n) is 5.06. The zero-order chi connectivity index (χ0) is 22.5. The molecule has 0 bridgehead atoms. The molecule has 2 aromatic rings. The molecule has 1 amide bonds. The molecule has 3 rings (SSSR count). The molecule has 2 aromatic carbocycles. The summed E-state index contributed by atoms with van der Waals surface area (Å²) in [5, 5.41) is 0. The lowest BCUT2D eigenvalue weighted by Gasteiger charge is -2.43. The van der Waals surface area contributed by atoms with Crippen molar-refractivity contribution in [3.05, 3.63) is 48.0 Å². The van der Waals surface area contributed by atoms with E-state index in [1.165, 1.54) is 21.3 Å². The Hall–Kier alpha value is -3.06. The van der Waals surface area contributed by atoms with Crippen molar-refractivity contribution >= 4 is 23.2 Å². The number of carbonyl (C=O) groups is 1. The summed E-state index contributed by atoms with van der Waals surface area (Å²) in [6, 6.07) is 8.56. The number of methoxy groups -OCH3 is 4. The minimum atomic E-state index is -0.410. The van der Waals surface area contributed by atoms with Crippen LogP contribution in [0.25, 0.3) is 0 Å². The van der Waals surface area contributed by atoms with Crippen molar-refractivity contribution in [3.8, 4) is 28.7 Å². The number of ether oxygens (including phenoxy) is 5. The van der Waals surface area contributed by atoms with E-state index in [9.17, 15) is 4.79 Å². The Morgan fingerprint density at radius 2 is 1.65 bits per heavy atom. The Balaban J connectivity index is 2.05. The van der Waals surface area contributed by atoms with Crippen molar-refractivity contribution in [2.24, 2.45) is 0 Å². The molecular formula is C23H26ClNO6. The van der Waals surface area contributed by atoms with Crippen molar-refractivity contribution in [1.82, 2.24) is 0 Å². The fourth-order valence-electron chi connectivity index (χ4n) is 3.51. The largest absolute Gasteiger partial charge is 0.497 e. The van der Waals surface area contributed by atoms with Crippen LogP contribution >= 0.6 is 11.6 Å². The summed E-state index contributed by atoms with van der Waals surface area (Å²) in [5.41, 5.74) is 1.86. The summed E-state index contributed by atoms with van der Waals surface area (Å²) in [6.07, 6.45) is 0.694. The molecule has 166 valence electrons. The van der Waals surface area contributed by atoms with Gasteiger partial charge in [-0.1, -0.05) is 6.58 Å². The molecule has 1 aliphatic heterocycles. The van der Waals surface area contributed by atoms with Crippen molar-refractivity contribution < 1.29 is 28.5 Å². The monoisotopic (exact) mass is 447 g/mol. The maximum Gasteiger partial charge on any atom is 0.256 e. The highest BCUT2D eigenvalue weighted by molar-refractivity contribution is 6.17. The smallest absolute Gasteiger partial charge is 0.256 e. The van der Waals surface area contributed by atoms with E-state index in [1.807, 2.05) is 12.1 Å². The van der Waals surface area contributed by atoms with Gasteiger partial charge in [0.1, 0.15) is 11.5 Å². The highest BCUT2D eigenvalue weighted by atomic mass is 35.5. The minimum absolute atomic E-state index is 0.193. The molecule has 0 radical (unpaired) electrons. The lowest BCUT2D eigenvalue weighted by atomic mass is 9.87. The first-order valence-electron chi connectivity index (χ1n) is 9.69. The molecule has 0 saturated carbocycles. The van der Waals surface area contributed by atoms with Gasteiger partial charge in [-0.2, -0.15) is 0 Å². The predicted octanol–water partition coefficient (Wildman–Crippen LogP) is 4.37. The number of rotatable bonds is 10. The zero-order valence-corrected chi connectivity index (χ0v) is 18.8. The maximum atomic E-state index is 12.8. The van der Waals surface area contributed by atoms with Crippen LogP contribution in [0.4, 0.5) is 5.69 Å². The second-order valence-electron chi connectivity index (χ2n) is 6.78. The standard InChI is InChI=1S/C23H26ClNO6/c1-14-21(17-8-7-16(27-2)13-18(17)31-10-6-9-24)25(23(14)26)15-11-19(28-3)22(30-5)20(12-15)29-4/h7-8,11-13,21H,1,6,9-10H2,2-5H3/t21-/m1/s1. The molecule has 0 aromatic heterocycles. The lowest BCUT2D eigenvalue weighted by Crippen LogP contribution is -2.49. The Labute approximate surface area is 187 Å². The zero-order valence-electron chi connectivity index (χ0n) is 18.1. The van der Waals surface area contributed by atoms with Gasteiger partial charge >= 0.3 is 0 Å². The highest BCUT2D eigenvalue weighted by Gasteiger charge is 2.44. The van der Waals surface area contributed by atoms with E-state index in [0.29, 0.717) is 58.9 Å². The minimum Gasteiger partial charge on any atom is -0.497 e. The molecule has 31 heavy (non-hydrogen) atoms. The van der Waals surface area contributed by atoms with E-state index in [4.69, 9.17) is 35.3 Å². The molecule has 7 nitrogen and oxygen atoms in total. The molecule has 1 aliphatic rings. The summed E-state index contributed by atoms with van der Waals surface area (Å²) in [5.74, 6) is 2.92. The van der Waals surface area contributed by atoms with Gasteiger partial charge in [0.25, 0.3) is 5.91 Å². The maximum absolute atomic E-state index is 12.8. The third kappa shape index (κ3) is 4.23. The summed E-state index contributed by atoms with van der Waals surface area (Å²) in [7, 11) is 6.18. The van der Waals surface area contributed by atoms with Crippen LogP contribution in [0.5, 0.6) is 28.7 Å². The molecule has 1 saturated heterocycles. The van der Waals surface area contributed by atoms with Crippen LogP contribution in [0.1, 0.15) is 18.0 Å². The van der Waals surface area contributed by atoms with Crippen molar-refractivity contribution in [3.63, 3.8) is 0 Å². The van der Waals surface area contributed by atoms with E-state index in [0.717, 1.165) is 5.56 Å². The highest BCUT2D eigenvalue weighted by Crippen LogP contribution is 2.49. The third-order valence-corrected chi connectivity index (χ3v) is 5.33. The van der Waals surface area contributed by atoms with Crippen LogP contribution < -0.4 is 28.6 Å². The SMILES string of the molecule is C=C1C(=O)N(c2cc(OC)c(OC)c(OC)c2)[C@H]1c1ccc(OC)cc1OCCCCl. The summed E-state index contributed by atoms with van der Waals surface area (Å²) < 4.78 is 27.6. The second-order valence-corrected chi connectivity index (χ2v) is 7.16. The second kappa shape index (κ2) is 9.83. The first kappa shape index (κ1) is 22.6. The Morgan fingerprint density at radius 1 is 0.968 bits per heavy atom. The molecule has 0 N–H and O–H groups in total. The van der Waals surface area contributed by atoms with Gasteiger partial charge in [0.15, 0.2) is 11.5 Å². The number of halogens is 1. The number of amides is 1. The Morgan fingerprint density at radius 3 is 2.19 bits per heavy atom. The summed E-state index contributed by atoms with van der Waals surface area (Å²) in [4.78, 5) is 14.5. The lowest BCUT2D eigenvalue weighted by molar-refractivity contribution is -0.119. The average Bonchev–Trinajstić information content (AvgIpc) is 2.81. The van der Waals surface area contributed by atoms with Gasteiger partial charge in [0.05, 0.1) is 46.8 Å². The van der Waals surface area contributed by atoms with E-state index >= 15 is 0 Å². The number of carbonyl (C=O) groups excluding carboxylic acids is 1. The van der Waals surface area contributed by atoms with Crippen molar-refractivity contribution in [2.75, 3.05) is 45.8 Å². The number of benzene rings is 2. The van der Waals surface area contributed by atoms with Gasteiger partial charge in [-0.05, 0) is 18.6 Å². The molecule has 1 heterocycles. The van der Waals surface area contributed by atoms with Crippen molar-refractivity contribution in [2.45, 2.75) is 12.5 Å². The fourth-order valence-corrected chi connectivity index (χ4v) is 3.62. The van der Waals surface area contributed by atoms with E-state index < -0.39 is 6.04 Å². The van der Waals surface area contributed by atoms with Gasteiger partial charge in [-0.15, -0.1) is 11.6 Å². The van der Waals surface area contributed by atoms with E-state index in [-0.39, 0.29) is 5.91 Å². The van der Waals surface area contributed by atoms with E-state index in [2.05, 4.69) is 6.58 Å². The van der Waals surface area contributed by atoms with Gasteiger partial charge < -0.3 is 23.7 Å². The van der Waals surface area contributed by atoms with Gasteiger partial charge in [0.2, 0.25) is 5.75 Å². The fraction of sp³-hybridized carbons (Fsp3) is 0.348. The number of hydrogen-bond acceptors (Lipinski definition) is 6. The van der Waals surface area contributed by atoms with Gasteiger partial charge in [-0.3, -0.25) is 9.69 Å². The molecule has 1 fully saturated rings. The van der Waals surface area contributed by atoms with E-state index in [1.54, 1.807) is 30.2 Å². The number of alkyl halides is 1. The van der Waals surface area contributed by atoms with Crippen LogP contribution in [0.2, 0.25) is 0 Å². The molecule has 8 heteroatoms. The normalized spacial score (nSPS) is 15.4. The van der Waals surface area contributed by atoms with Gasteiger partial charge in [0, 0.05) is 35.2 Å². The van der Waals surface area contributed by atoms with Crippen LogP contribution in [0, 0.1) is 0 Å². The molecular weight excluding hydrogens is 422 g/mol. The first-order valence-corrected chi connectivity index (χ1v) is 10.2. The number of nitrogens with zero attached hydrogens (tertiary/aromatic N) is 1. The predicted molar refractivity (Wildman–Crippen MR) is 119 cm³/mol. The van der Waals surface area contributed by atoms with Crippen LogP contribution in [0.15, 0.2) is 42.5 Å². The summed E-state index contributed by atoms with van der Waals surface area (Å²) in [6.45, 7) is 4.43. The van der Waals surface area contributed by atoms with Crippen LogP contribution in [-0.4, -0.2) is 46.8 Å². The molecule has 1 atom stereocenters. The number of β-lactam (4-membered cyclic amide) rings is 1. The molecule has 0 unspecified atom stereocenters. The Kier molecular flexibility index (Phi) is 7.17. The van der Waals surface area contributed by atoms with Gasteiger partial charge in [-0.25, -0.2) is 0 Å². The number of anilines is 1. The average molecular weight is 448 g/mol. The molecule has 0 aliphatic carbocycles. The molecule has 0 spiro atoms.